The molecule has 0 aliphatic carbocycles. The number of hydrogen-bond acceptors (Lipinski definition) is 7. The van der Waals surface area contributed by atoms with Crippen molar-refractivity contribution in [2.75, 3.05) is 6.54 Å². The van der Waals surface area contributed by atoms with Gasteiger partial charge in [-0.05, 0) is 36.4 Å². The number of carboxylic acids is 1. The molecule has 1 aliphatic rings. The molecule has 25 heavy (non-hydrogen) atoms. The number of aliphatic carboxylic acids is 1. The van der Waals surface area contributed by atoms with Crippen LogP contribution in [-0.4, -0.2) is 27.6 Å². The molecule has 3 rings (SSSR count). The Labute approximate surface area is 162 Å². The van der Waals surface area contributed by atoms with E-state index in [4.69, 9.17) is 28.2 Å². The number of rotatable bonds is 5. The van der Waals surface area contributed by atoms with E-state index < -0.39 is 18.4 Å². The van der Waals surface area contributed by atoms with Crippen molar-refractivity contribution in [3.8, 4) is 0 Å². The second kappa shape index (κ2) is 7.65. The van der Waals surface area contributed by atoms with E-state index >= 15 is 0 Å². The Bertz CT molecular complexity index is 876. The highest BCUT2D eigenvalue weighted by Crippen LogP contribution is 2.34. The minimum absolute atomic E-state index is 0.183. The van der Waals surface area contributed by atoms with Crippen molar-refractivity contribution in [2.45, 2.75) is 9.99 Å². The molecule has 5 nitrogen and oxygen atoms in total. The van der Waals surface area contributed by atoms with Gasteiger partial charge in [0.25, 0.3) is 5.91 Å². The van der Waals surface area contributed by atoms with Gasteiger partial charge >= 0.3 is 0 Å². The first-order valence-corrected chi connectivity index (χ1v) is 9.33. The fraction of sp³-hybridized carbons (Fsp3) is 0.0625. The van der Waals surface area contributed by atoms with E-state index in [0.29, 0.717) is 20.8 Å². The fourth-order valence-electron chi connectivity index (χ4n) is 1.98. The minimum atomic E-state index is -1.36. The molecule has 0 bridgehead atoms. The average molecular weight is 411 g/mol. The number of carbonyl (C=O) groups is 2. The Morgan fingerprint density at radius 3 is 2.72 bits per heavy atom. The third kappa shape index (κ3) is 4.46. The zero-order valence-electron chi connectivity index (χ0n) is 12.4. The topological polar surface area (TPSA) is 73.6 Å². The highest BCUT2D eigenvalue weighted by molar-refractivity contribution is 8.26. The third-order valence-corrected chi connectivity index (χ3v) is 5.63. The minimum Gasteiger partial charge on any atom is -0.548 e. The highest BCUT2D eigenvalue weighted by Gasteiger charge is 2.32. The van der Waals surface area contributed by atoms with Crippen molar-refractivity contribution in [3.63, 3.8) is 0 Å². The molecule has 1 aromatic heterocycles. The van der Waals surface area contributed by atoms with Crippen molar-refractivity contribution in [1.82, 2.24) is 4.90 Å². The van der Waals surface area contributed by atoms with Gasteiger partial charge in [0.2, 0.25) is 0 Å². The number of hydrogen-bond donors (Lipinski definition) is 0. The molecule has 0 N–H and O–H groups in total. The Morgan fingerprint density at radius 2 is 2.04 bits per heavy atom. The maximum Gasteiger partial charge on any atom is 0.266 e. The molecule has 0 saturated carbocycles. The van der Waals surface area contributed by atoms with Crippen molar-refractivity contribution in [3.05, 3.63) is 52.1 Å². The number of halogens is 1. The Kier molecular flexibility index (Phi) is 5.53. The lowest BCUT2D eigenvalue weighted by molar-refractivity contribution is -0.305. The molecule has 128 valence electrons. The monoisotopic (exact) mass is 410 g/mol. The van der Waals surface area contributed by atoms with E-state index in [1.807, 2.05) is 12.1 Å². The van der Waals surface area contributed by atoms with E-state index in [9.17, 15) is 14.7 Å². The Hall–Kier alpha value is -1.74. The quantitative estimate of drug-likeness (QED) is 0.554. The molecular weight excluding hydrogens is 402 g/mol. The molecule has 2 aromatic rings. The lowest BCUT2D eigenvalue weighted by atomic mass is 10.3. The maximum absolute atomic E-state index is 12.2. The van der Waals surface area contributed by atoms with Crippen LogP contribution in [0.3, 0.4) is 0 Å². The molecule has 0 spiro atoms. The Balaban J connectivity index is 1.73. The van der Waals surface area contributed by atoms with Crippen LogP contribution < -0.4 is 5.11 Å². The lowest BCUT2D eigenvalue weighted by Gasteiger charge is -2.14. The number of carbonyl (C=O) groups excluding carboxylic acids is 2. The summed E-state index contributed by atoms with van der Waals surface area (Å²) >= 11 is 13.3. The van der Waals surface area contributed by atoms with Crippen LogP contribution in [0.5, 0.6) is 0 Å². The van der Waals surface area contributed by atoms with Gasteiger partial charge in [0.1, 0.15) is 10.1 Å². The van der Waals surface area contributed by atoms with Crippen LogP contribution in [0.25, 0.3) is 6.08 Å². The zero-order valence-corrected chi connectivity index (χ0v) is 15.6. The molecule has 0 atom stereocenters. The van der Waals surface area contributed by atoms with Gasteiger partial charge in [-0.15, -0.1) is 0 Å². The second-order valence-electron chi connectivity index (χ2n) is 4.85. The molecule has 0 unspecified atom stereocenters. The molecule has 1 amide bonds. The molecule has 0 radical (unpaired) electrons. The standard InChI is InChI=1S/C16H10ClNO4S3/c17-9-1-4-11(5-2-9)24-14-6-3-10(22-14)7-12-15(21)18(8-13(19)20)16(23)25-12/h1-7H,8H2,(H,19,20)/p-1/b12-7-. The Morgan fingerprint density at radius 1 is 1.32 bits per heavy atom. The van der Waals surface area contributed by atoms with Gasteiger partial charge in [0.05, 0.1) is 17.4 Å². The van der Waals surface area contributed by atoms with Gasteiger partial charge in [-0.25, -0.2) is 0 Å². The molecule has 1 aromatic carbocycles. The predicted octanol–water partition coefficient (Wildman–Crippen LogP) is 3.04. The number of amides is 1. The molecule has 1 fully saturated rings. The SMILES string of the molecule is O=C([O-])CN1C(=O)/C(=C/c2ccc(Sc3ccc(Cl)cc3)o2)SC1=S. The number of nitrogens with zero attached hydrogens (tertiary/aromatic N) is 1. The van der Waals surface area contributed by atoms with Crippen molar-refractivity contribution < 1.29 is 19.1 Å². The largest absolute Gasteiger partial charge is 0.548 e. The van der Waals surface area contributed by atoms with Crippen LogP contribution in [-0.2, 0) is 9.59 Å². The van der Waals surface area contributed by atoms with Crippen molar-refractivity contribution >= 4 is 69.6 Å². The average Bonchev–Trinajstić information content (AvgIpc) is 3.09. The zero-order chi connectivity index (χ0) is 18.0. The fourth-order valence-corrected chi connectivity index (χ4v) is 4.12. The van der Waals surface area contributed by atoms with E-state index in [-0.39, 0.29) is 4.32 Å². The number of thioether (sulfide) groups is 1. The maximum atomic E-state index is 12.2. The normalized spacial score (nSPS) is 16.0. The summed E-state index contributed by atoms with van der Waals surface area (Å²) in [6.45, 7) is -0.558. The van der Waals surface area contributed by atoms with Gasteiger partial charge in [0.15, 0.2) is 5.09 Å². The summed E-state index contributed by atoms with van der Waals surface area (Å²) in [6, 6.07) is 10.8. The van der Waals surface area contributed by atoms with E-state index in [1.165, 1.54) is 11.8 Å². The van der Waals surface area contributed by atoms with Crippen molar-refractivity contribution in [1.29, 1.82) is 0 Å². The van der Waals surface area contributed by atoms with Crippen molar-refractivity contribution in [2.24, 2.45) is 0 Å². The smallest absolute Gasteiger partial charge is 0.266 e. The van der Waals surface area contributed by atoms with Crippen LogP contribution in [0.1, 0.15) is 5.76 Å². The van der Waals surface area contributed by atoms with Crippen LogP contribution in [0.15, 0.2) is 55.7 Å². The lowest BCUT2D eigenvalue weighted by Crippen LogP contribution is -2.40. The summed E-state index contributed by atoms with van der Waals surface area (Å²) in [7, 11) is 0. The van der Waals surface area contributed by atoms with Gasteiger partial charge in [-0.2, -0.15) is 0 Å². The van der Waals surface area contributed by atoms with Gasteiger partial charge < -0.3 is 14.3 Å². The molecule has 9 heteroatoms. The first-order valence-electron chi connectivity index (χ1n) is 6.91. The summed E-state index contributed by atoms with van der Waals surface area (Å²) in [4.78, 5) is 25.1. The first kappa shape index (κ1) is 18.1. The third-order valence-electron chi connectivity index (χ3n) is 3.07. The number of furan rings is 1. The van der Waals surface area contributed by atoms with Gasteiger partial charge in [-0.3, -0.25) is 9.69 Å². The van der Waals surface area contributed by atoms with Gasteiger partial charge in [0, 0.05) is 16.0 Å². The predicted molar refractivity (Wildman–Crippen MR) is 99.2 cm³/mol. The summed E-state index contributed by atoms with van der Waals surface area (Å²) in [5.41, 5.74) is 0. The summed E-state index contributed by atoms with van der Waals surface area (Å²) in [5.74, 6) is -1.36. The summed E-state index contributed by atoms with van der Waals surface area (Å²) in [6.07, 6.45) is 1.54. The van der Waals surface area contributed by atoms with E-state index in [2.05, 4.69) is 0 Å². The second-order valence-corrected chi connectivity index (χ2v) is 8.04. The number of benzene rings is 1. The first-order chi connectivity index (χ1) is 11.9. The highest BCUT2D eigenvalue weighted by atomic mass is 35.5. The van der Waals surface area contributed by atoms with Crippen LogP contribution in [0, 0.1) is 0 Å². The van der Waals surface area contributed by atoms with E-state index in [1.54, 1.807) is 30.3 Å². The summed E-state index contributed by atoms with van der Waals surface area (Å²) < 4.78 is 5.86. The number of carboxylic acid groups (broad SMARTS) is 1. The molecule has 1 saturated heterocycles. The van der Waals surface area contributed by atoms with Gasteiger partial charge in [-0.1, -0.05) is 47.3 Å². The molecular formula is C16H9ClNO4S3-. The summed E-state index contributed by atoms with van der Waals surface area (Å²) in [5, 5.41) is 12.0. The van der Waals surface area contributed by atoms with E-state index in [0.717, 1.165) is 21.6 Å². The van der Waals surface area contributed by atoms with Crippen LogP contribution in [0.4, 0.5) is 0 Å². The molecule has 1 aliphatic heterocycles. The number of thiocarbonyl (C=S) groups is 1. The van der Waals surface area contributed by atoms with Crippen LogP contribution in [0.2, 0.25) is 5.02 Å². The van der Waals surface area contributed by atoms with Crippen LogP contribution >= 0.6 is 47.3 Å². The molecule has 2 heterocycles.